The molecule has 5 rings (SSSR count). The first-order chi connectivity index (χ1) is 19.9. The lowest BCUT2D eigenvalue weighted by molar-refractivity contribution is 0.0694. The average molecular weight is 552 g/mol. The Bertz CT molecular complexity index is 1410. The van der Waals surface area contributed by atoms with Crippen molar-refractivity contribution < 1.29 is 19.4 Å². The number of carboxylic acids is 1. The maximum absolute atomic E-state index is 12.3. The number of piperidine rings is 1. The lowest BCUT2D eigenvalue weighted by atomic mass is 9.90. The van der Waals surface area contributed by atoms with Crippen LogP contribution in [0.1, 0.15) is 51.5 Å². The fourth-order valence-corrected chi connectivity index (χ4v) is 5.49. The number of methoxy groups -OCH3 is 2. The Labute approximate surface area is 242 Å². The van der Waals surface area contributed by atoms with Crippen LogP contribution in [-0.4, -0.2) is 43.4 Å². The molecule has 1 saturated heterocycles. The van der Waals surface area contributed by atoms with Crippen molar-refractivity contribution in [3.63, 3.8) is 0 Å². The van der Waals surface area contributed by atoms with E-state index < -0.39 is 5.97 Å². The number of pyridine rings is 1. The summed E-state index contributed by atoms with van der Waals surface area (Å²) in [6.07, 6.45) is 1.70. The molecule has 7 heteroatoms. The fraction of sp³-hybridized carbons (Fsp3) is 0.294. The lowest BCUT2D eigenvalue weighted by Crippen LogP contribution is -2.34. The van der Waals surface area contributed by atoms with Crippen molar-refractivity contribution in [2.24, 2.45) is 0 Å². The quantitative estimate of drug-likeness (QED) is 0.235. The van der Waals surface area contributed by atoms with E-state index in [1.165, 1.54) is 11.3 Å². The molecule has 1 N–H and O–H groups in total. The minimum Gasteiger partial charge on any atom is -0.497 e. The SMILES string of the molecule is COc1ccc(CN(Cc2ccc(OC)cc2)c2ccc(C(=O)O)c(C3CCN(c4cccc(C)c4)CC3)n2)cc1. The predicted octanol–water partition coefficient (Wildman–Crippen LogP) is 6.70. The molecular formula is C34H37N3O4. The Morgan fingerprint density at radius 2 is 1.46 bits per heavy atom. The van der Waals surface area contributed by atoms with Crippen LogP contribution >= 0.6 is 0 Å². The van der Waals surface area contributed by atoms with Crippen LogP contribution in [0.5, 0.6) is 11.5 Å². The second-order valence-corrected chi connectivity index (χ2v) is 10.6. The Morgan fingerprint density at radius 3 is 1.98 bits per heavy atom. The maximum Gasteiger partial charge on any atom is 0.337 e. The van der Waals surface area contributed by atoms with Gasteiger partial charge < -0.3 is 24.4 Å². The first-order valence-electron chi connectivity index (χ1n) is 14.0. The molecule has 1 aromatic heterocycles. The molecular weight excluding hydrogens is 514 g/mol. The molecule has 4 aromatic rings. The van der Waals surface area contributed by atoms with Gasteiger partial charge >= 0.3 is 5.97 Å². The number of nitrogens with zero attached hydrogens (tertiary/aromatic N) is 3. The molecule has 0 atom stereocenters. The second kappa shape index (κ2) is 12.8. The van der Waals surface area contributed by atoms with Crippen LogP contribution < -0.4 is 19.3 Å². The summed E-state index contributed by atoms with van der Waals surface area (Å²) in [4.78, 5) is 21.9. The van der Waals surface area contributed by atoms with E-state index >= 15 is 0 Å². The molecule has 0 amide bonds. The fourth-order valence-electron chi connectivity index (χ4n) is 5.49. The third-order valence-corrected chi connectivity index (χ3v) is 7.78. The Balaban J connectivity index is 1.43. The third kappa shape index (κ3) is 6.80. The summed E-state index contributed by atoms with van der Waals surface area (Å²) >= 11 is 0. The van der Waals surface area contributed by atoms with Gasteiger partial charge in [0.2, 0.25) is 0 Å². The Hall–Kier alpha value is -4.52. The van der Waals surface area contributed by atoms with Gasteiger partial charge in [-0.25, -0.2) is 9.78 Å². The average Bonchev–Trinajstić information content (AvgIpc) is 3.01. The molecule has 7 nitrogen and oxygen atoms in total. The number of carboxylic acid groups (broad SMARTS) is 1. The lowest BCUT2D eigenvalue weighted by Gasteiger charge is -2.34. The van der Waals surface area contributed by atoms with Gasteiger partial charge in [-0.05, 0) is 85.0 Å². The number of ether oxygens (including phenoxy) is 2. The van der Waals surface area contributed by atoms with Crippen molar-refractivity contribution in [3.05, 3.63) is 113 Å². The van der Waals surface area contributed by atoms with Gasteiger partial charge in [0.1, 0.15) is 17.3 Å². The number of aryl methyl sites for hydroxylation is 1. The van der Waals surface area contributed by atoms with Gasteiger partial charge in [-0.15, -0.1) is 0 Å². The second-order valence-electron chi connectivity index (χ2n) is 10.6. The van der Waals surface area contributed by atoms with Crippen LogP contribution in [0.4, 0.5) is 11.5 Å². The van der Waals surface area contributed by atoms with Crippen molar-refractivity contribution >= 4 is 17.5 Å². The summed E-state index contributed by atoms with van der Waals surface area (Å²) in [6, 6.07) is 28.1. The minimum atomic E-state index is -0.933. The van der Waals surface area contributed by atoms with E-state index in [1.54, 1.807) is 20.3 Å². The van der Waals surface area contributed by atoms with Gasteiger partial charge in [0.15, 0.2) is 0 Å². The number of aromatic nitrogens is 1. The maximum atomic E-state index is 12.3. The highest BCUT2D eigenvalue weighted by Gasteiger charge is 2.27. The summed E-state index contributed by atoms with van der Waals surface area (Å²) in [7, 11) is 3.32. The smallest absolute Gasteiger partial charge is 0.337 e. The van der Waals surface area contributed by atoms with Gasteiger partial charge in [-0.2, -0.15) is 0 Å². The normalized spacial score (nSPS) is 13.6. The number of hydrogen-bond donors (Lipinski definition) is 1. The van der Waals surface area contributed by atoms with E-state index in [0.29, 0.717) is 18.8 Å². The molecule has 0 spiro atoms. The van der Waals surface area contributed by atoms with Crippen LogP contribution in [0.25, 0.3) is 0 Å². The predicted molar refractivity (Wildman–Crippen MR) is 162 cm³/mol. The van der Waals surface area contributed by atoms with Crippen molar-refractivity contribution in [2.75, 3.05) is 37.1 Å². The van der Waals surface area contributed by atoms with Crippen molar-refractivity contribution in [1.82, 2.24) is 4.98 Å². The highest BCUT2D eigenvalue weighted by Crippen LogP contribution is 2.33. The van der Waals surface area contributed by atoms with Crippen molar-refractivity contribution in [1.29, 1.82) is 0 Å². The van der Waals surface area contributed by atoms with Gasteiger partial charge in [0.25, 0.3) is 0 Å². The topological polar surface area (TPSA) is 75.1 Å². The molecule has 0 bridgehead atoms. The molecule has 0 saturated carbocycles. The number of hydrogen-bond acceptors (Lipinski definition) is 6. The molecule has 0 unspecified atom stereocenters. The zero-order valence-corrected chi connectivity index (χ0v) is 23.9. The van der Waals surface area contributed by atoms with Crippen LogP contribution in [0.15, 0.2) is 84.9 Å². The van der Waals surface area contributed by atoms with Crippen molar-refractivity contribution in [3.8, 4) is 11.5 Å². The Kier molecular flexibility index (Phi) is 8.73. The molecule has 2 heterocycles. The van der Waals surface area contributed by atoms with E-state index in [-0.39, 0.29) is 11.5 Å². The van der Waals surface area contributed by atoms with E-state index in [2.05, 4.69) is 41.0 Å². The van der Waals surface area contributed by atoms with Gasteiger partial charge in [-0.3, -0.25) is 0 Å². The molecule has 1 fully saturated rings. The molecule has 41 heavy (non-hydrogen) atoms. The molecule has 1 aliphatic rings. The standard InChI is InChI=1S/C34H37N3O4/c1-24-5-4-6-28(21-24)36-19-17-27(18-20-36)33-31(34(38)39)15-16-32(35-33)37(22-25-7-11-29(40-2)12-8-25)23-26-9-13-30(41-3)14-10-26/h4-16,21,27H,17-20,22-23H2,1-3H3,(H,38,39). The molecule has 0 aliphatic carbocycles. The zero-order chi connectivity index (χ0) is 28.8. The monoisotopic (exact) mass is 551 g/mol. The van der Waals surface area contributed by atoms with Gasteiger partial charge in [0, 0.05) is 37.8 Å². The van der Waals surface area contributed by atoms with Gasteiger partial charge in [-0.1, -0.05) is 36.4 Å². The molecule has 3 aromatic carbocycles. The van der Waals surface area contributed by atoms with Crippen molar-refractivity contribution in [2.45, 2.75) is 38.8 Å². The number of carbonyl (C=O) groups is 1. The molecule has 1 aliphatic heterocycles. The Morgan fingerprint density at radius 1 is 0.878 bits per heavy atom. The number of aromatic carboxylic acids is 1. The highest BCUT2D eigenvalue weighted by molar-refractivity contribution is 5.89. The van der Waals surface area contributed by atoms with Crippen LogP contribution in [0, 0.1) is 6.92 Å². The summed E-state index contributed by atoms with van der Waals surface area (Å²) in [5.41, 5.74) is 5.63. The first kappa shape index (κ1) is 28.0. The first-order valence-corrected chi connectivity index (χ1v) is 14.0. The van der Waals surface area contributed by atoms with Gasteiger partial charge in [0.05, 0.1) is 25.5 Å². The zero-order valence-electron chi connectivity index (χ0n) is 23.9. The van der Waals surface area contributed by atoms with E-state index in [0.717, 1.165) is 54.4 Å². The number of rotatable bonds is 10. The summed E-state index contributed by atoms with van der Waals surface area (Å²) in [5, 5.41) is 10.1. The summed E-state index contributed by atoms with van der Waals surface area (Å²) < 4.78 is 10.7. The van der Waals surface area contributed by atoms with Crippen LogP contribution in [0.2, 0.25) is 0 Å². The molecule has 0 radical (unpaired) electrons. The van der Waals surface area contributed by atoms with Crippen LogP contribution in [0.3, 0.4) is 0 Å². The number of anilines is 2. The third-order valence-electron chi connectivity index (χ3n) is 7.78. The minimum absolute atomic E-state index is 0.0749. The van der Waals surface area contributed by atoms with Crippen LogP contribution in [-0.2, 0) is 13.1 Å². The summed E-state index contributed by atoms with van der Waals surface area (Å²) in [6.45, 7) is 5.05. The van der Waals surface area contributed by atoms with E-state index in [4.69, 9.17) is 14.5 Å². The highest BCUT2D eigenvalue weighted by atomic mass is 16.5. The van der Waals surface area contributed by atoms with E-state index in [1.807, 2.05) is 54.6 Å². The summed E-state index contributed by atoms with van der Waals surface area (Å²) in [5.74, 6) is 1.51. The number of benzene rings is 3. The van der Waals surface area contributed by atoms with E-state index in [9.17, 15) is 9.90 Å². The molecule has 212 valence electrons. The largest absolute Gasteiger partial charge is 0.497 e.